The maximum atomic E-state index is 5.71. The average molecular weight is 393 g/mol. The highest BCUT2D eigenvalue weighted by atomic mass is 16.5. The van der Waals surface area contributed by atoms with Crippen LogP contribution in [0.1, 0.15) is 26.3 Å². The molecule has 3 rings (SSSR count). The Morgan fingerprint density at radius 3 is 2.24 bits per heavy atom. The number of hydrogen-bond acceptors (Lipinski definition) is 6. The Morgan fingerprint density at radius 1 is 0.897 bits per heavy atom. The number of rotatable bonds is 8. The summed E-state index contributed by atoms with van der Waals surface area (Å²) in [5.41, 5.74) is 2.38. The molecule has 0 atom stereocenters. The Kier molecular flexibility index (Phi) is 6.54. The number of nitrogens with zero attached hydrogens (tertiary/aromatic N) is 2. The predicted molar refractivity (Wildman–Crippen MR) is 117 cm³/mol. The van der Waals surface area contributed by atoms with Gasteiger partial charge in [0.2, 0.25) is 5.95 Å². The summed E-state index contributed by atoms with van der Waals surface area (Å²) in [7, 11) is 1.64. The van der Waals surface area contributed by atoms with Gasteiger partial charge in [-0.3, -0.25) is 0 Å². The number of anilines is 3. The van der Waals surface area contributed by atoms with Gasteiger partial charge in [-0.1, -0.05) is 32.9 Å². The summed E-state index contributed by atoms with van der Waals surface area (Å²) in [5, 5.41) is 6.50. The van der Waals surface area contributed by atoms with Gasteiger partial charge in [0.15, 0.2) is 0 Å². The SMILES string of the molecule is COc1ccc(OCCNc2ccnc(Nc3ccc(C(C)(C)C)cc3)n2)cc1. The van der Waals surface area contributed by atoms with Crippen molar-refractivity contribution >= 4 is 17.5 Å². The molecule has 2 N–H and O–H groups in total. The average Bonchev–Trinajstić information content (AvgIpc) is 2.72. The number of methoxy groups -OCH3 is 1. The monoisotopic (exact) mass is 392 g/mol. The van der Waals surface area contributed by atoms with Crippen LogP contribution < -0.4 is 20.1 Å². The molecule has 0 bridgehead atoms. The van der Waals surface area contributed by atoms with E-state index >= 15 is 0 Å². The Labute approximate surface area is 172 Å². The van der Waals surface area contributed by atoms with Crippen LogP contribution in [0.2, 0.25) is 0 Å². The van der Waals surface area contributed by atoms with Gasteiger partial charge in [-0.25, -0.2) is 4.98 Å². The van der Waals surface area contributed by atoms with Crippen LogP contribution in [-0.4, -0.2) is 30.2 Å². The molecule has 0 aliphatic rings. The van der Waals surface area contributed by atoms with Crippen molar-refractivity contribution in [1.29, 1.82) is 0 Å². The van der Waals surface area contributed by atoms with Crippen molar-refractivity contribution in [2.45, 2.75) is 26.2 Å². The Morgan fingerprint density at radius 2 is 1.59 bits per heavy atom. The van der Waals surface area contributed by atoms with E-state index in [2.05, 4.69) is 53.5 Å². The molecule has 0 spiro atoms. The molecule has 0 amide bonds. The maximum absolute atomic E-state index is 5.71. The summed E-state index contributed by atoms with van der Waals surface area (Å²) in [5.74, 6) is 2.91. The first-order valence-electron chi connectivity index (χ1n) is 9.65. The van der Waals surface area contributed by atoms with Gasteiger partial charge in [0.25, 0.3) is 0 Å². The van der Waals surface area contributed by atoms with Crippen LogP contribution in [0.5, 0.6) is 11.5 Å². The van der Waals surface area contributed by atoms with Crippen LogP contribution in [-0.2, 0) is 5.41 Å². The molecule has 0 unspecified atom stereocenters. The molecule has 29 heavy (non-hydrogen) atoms. The minimum atomic E-state index is 0.132. The molecule has 0 aliphatic carbocycles. The summed E-state index contributed by atoms with van der Waals surface area (Å²) in [6, 6.07) is 17.7. The van der Waals surface area contributed by atoms with Crippen LogP contribution in [0.25, 0.3) is 0 Å². The first kappa shape index (κ1) is 20.5. The van der Waals surface area contributed by atoms with Crippen molar-refractivity contribution in [3.63, 3.8) is 0 Å². The fourth-order valence-corrected chi connectivity index (χ4v) is 2.72. The van der Waals surface area contributed by atoms with Crippen LogP contribution >= 0.6 is 0 Å². The molecule has 0 saturated heterocycles. The number of aromatic nitrogens is 2. The minimum absolute atomic E-state index is 0.132. The molecule has 1 heterocycles. The second kappa shape index (κ2) is 9.28. The van der Waals surface area contributed by atoms with E-state index < -0.39 is 0 Å². The van der Waals surface area contributed by atoms with Crippen LogP contribution in [0.15, 0.2) is 60.8 Å². The number of hydrogen-bond donors (Lipinski definition) is 2. The smallest absolute Gasteiger partial charge is 0.229 e. The van der Waals surface area contributed by atoms with Crippen molar-refractivity contribution < 1.29 is 9.47 Å². The molecule has 0 saturated carbocycles. The quantitative estimate of drug-likeness (QED) is 0.525. The van der Waals surface area contributed by atoms with Gasteiger partial charge < -0.3 is 20.1 Å². The summed E-state index contributed by atoms with van der Waals surface area (Å²) in [6.07, 6.45) is 1.73. The van der Waals surface area contributed by atoms with Gasteiger partial charge in [0.05, 0.1) is 13.7 Å². The van der Waals surface area contributed by atoms with Gasteiger partial charge in [-0.15, -0.1) is 0 Å². The summed E-state index contributed by atoms with van der Waals surface area (Å²) >= 11 is 0. The third kappa shape index (κ3) is 6.10. The van der Waals surface area contributed by atoms with Crippen LogP contribution in [0.3, 0.4) is 0 Å². The molecule has 2 aromatic carbocycles. The number of benzene rings is 2. The highest BCUT2D eigenvalue weighted by Crippen LogP contribution is 2.24. The van der Waals surface area contributed by atoms with Crippen LogP contribution in [0.4, 0.5) is 17.5 Å². The highest BCUT2D eigenvalue weighted by molar-refractivity contribution is 5.55. The standard InChI is InChI=1S/C23H28N4O2/c1-23(2,3)17-5-7-18(8-6-17)26-22-25-14-13-21(27-22)24-15-16-29-20-11-9-19(28-4)10-12-20/h5-14H,15-16H2,1-4H3,(H2,24,25,26,27). The number of ether oxygens (including phenoxy) is 2. The van der Waals surface area contributed by atoms with E-state index in [0.717, 1.165) is 23.0 Å². The molecule has 6 nitrogen and oxygen atoms in total. The minimum Gasteiger partial charge on any atom is -0.497 e. The van der Waals surface area contributed by atoms with Crippen molar-refractivity contribution in [2.24, 2.45) is 0 Å². The van der Waals surface area contributed by atoms with Gasteiger partial charge in [0.1, 0.15) is 23.9 Å². The third-order valence-electron chi connectivity index (χ3n) is 4.40. The lowest BCUT2D eigenvalue weighted by molar-refractivity contribution is 0.331. The normalized spacial score (nSPS) is 11.0. The van der Waals surface area contributed by atoms with E-state index in [0.29, 0.717) is 19.1 Å². The van der Waals surface area contributed by atoms with E-state index in [1.807, 2.05) is 42.5 Å². The lowest BCUT2D eigenvalue weighted by atomic mass is 9.87. The first-order chi connectivity index (χ1) is 13.9. The van der Waals surface area contributed by atoms with Crippen molar-refractivity contribution in [3.8, 4) is 11.5 Å². The van der Waals surface area contributed by atoms with Gasteiger partial charge >= 0.3 is 0 Å². The fourth-order valence-electron chi connectivity index (χ4n) is 2.72. The lowest BCUT2D eigenvalue weighted by Crippen LogP contribution is -2.13. The zero-order valence-electron chi connectivity index (χ0n) is 17.4. The van der Waals surface area contributed by atoms with Crippen molar-refractivity contribution in [1.82, 2.24) is 9.97 Å². The maximum Gasteiger partial charge on any atom is 0.229 e. The van der Waals surface area contributed by atoms with Gasteiger partial charge in [-0.05, 0) is 53.4 Å². The van der Waals surface area contributed by atoms with Gasteiger partial charge in [-0.2, -0.15) is 4.98 Å². The van der Waals surface area contributed by atoms with Gasteiger partial charge in [0, 0.05) is 11.9 Å². The molecule has 1 aromatic heterocycles. The summed E-state index contributed by atoms with van der Waals surface area (Å²) in [4.78, 5) is 8.79. The van der Waals surface area contributed by atoms with Crippen molar-refractivity contribution in [3.05, 3.63) is 66.4 Å². The topological polar surface area (TPSA) is 68.3 Å². The summed E-state index contributed by atoms with van der Waals surface area (Å²) in [6.45, 7) is 7.75. The first-order valence-corrected chi connectivity index (χ1v) is 9.65. The molecular weight excluding hydrogens is 364 g/mol. The van der Waals surface area contributed by atoms with E-state index in [-0.39, 0.29) is 5.41 Å². The number of nitrogens with one attached hydrogen (secondary N) is 2. The van der Waals surface area contributed by atoms with E-state index in [4.69, 9.17) is 9.47 Å². The molecule has 0 aliphatic heterocycles. The lowest BCUT2D eigenvalue weighted by Gasteiger charge is -2.19. The third-order valence-corrected chi connectivity index (χ3v) is 4.40. The van der Waals surface area contributed by atoms with E-state index in [1.54, 1.807) is 13.3 Å². The van der Waals surface area contributed by atoms with E-state index in [1.165, 1.54) is 5.56 Å². The second-order valence-corrected chi connectivity index (χ2v) is 7.67. The van der Waals surface area contributed by atoms with Crippen LogP contribution in [0, 0.1) is 0 Å². The molecular formula is C23H28N4O2. The summed E-state index contributed by atoms with van der Waals surface area (Å²) < 4.78 is 10.9. The predicted octanol–water partition coefficient (Wildman–Crippen LogP) is 5.02. The zero-order valence-corrected chi connectivity index (χ0v) is 17.4. The molecule has 152 valence electrons. The Balaban J connectivity index is 1.50. The Bertz CT molecular complexity index is 903. The largest absolute Gasteiger partial charge is 0.497 e. The molecule has 6 heteroatoms. The van der Waals surface area contributed by atoms with E-state index in [9.17, 15) is 0 Å². The Hall–Kier alpha value is -3.28. The molecule has 3 aromatic rings. The zero-order chi connectivity index (χ0) is 20.7. The molecule has 0 fully saturated rings. The highest BCUT2D eigenvalue weighted by Gasteiger charge is 2.12. The van der Waals surface area contributed by atoms with Crippen molar-refractivity contribution in [2.75, 3.05) is 30.9 Å². The molecule has 0 radical (unpaired) electrons. The fraction of sp³-hybridized carbons (Fsp3) is 0.304. The second-order valence-electron chi connectivity index (χ2n) is 7.67.